The van der Waals surface area contributed by atoms with Crippen molar-refractivity contribution in [2.45, 2.75) is 62.8 Å². The summed E-state index contributed by atoms with van der Waals surface area (Å²) in [7, 11) is 0. The molecule has 0 unspecified atom stereocenters. The largest absolute Gasteiger partial charge is 0.481 e. The number of hydrogen-bond acceptors (Lipinski definition) is 6. The van der Waals surface area contributed by atoms with Gasteiger partial charge in [-0.15, -0.1) is 0 Å². The van der Waals surface area contributed by atoms with E-state index in [1.807, 2.05) is 41.7 Å². The third-order valence-corrected chi connectivity index (χ3v) is 7.48. The lowest BCUT2D eigenvalue weighted by Crippen LogP contribution is -2.57. The molecule has 0 aromatic heterocycles. The SMILES string of the molecule is O=C(O)CCCN[C@H]1Cc2cccc(c2)Oc2cccc(c2)C[C@@H](C(=O)NCC(F)(F)F)NC(=O)[C@H](CCc2ccccc2)NC1=O. The Morgan fingerprint density at radius 1 is 0.872 bits per heavy atom. The van der Waals surface area contributed by atoms with Crippen LogP contribution in [0.25, 0.3) is 0 Å². The number of aliphatic carboxylic acids is 1. The van der Waals surface area contributed by atoms with Crippen molar-refractivity contribution in [3.63, 3.8) is 0 Å². The zero-order chi connectivity index (χ0) is 33.8. The number of rotatable bonds is 10. The Kier molecular flexibility index (Phi) is 12.3. The van der Waals surface area contributed by atoms with Crippen LogP contribution in [0.3, 0.4) is 0 Å². The van der Waals surface area contributed by atoms with Crippen LogP contribution in [0, 0.1) is 0 Å². The maximum atomic E-state index is 13.8. The highest BCUT2D eigenvalue weighted by atomic mass is 19.4. The molecule has 47 heavy (non-hydrogen) atoms. The van der Waals surface area contributed by atoms with Crippen LogP contribution in [-0.4, -0.2) is 66.2 Å². The van der Waals surface area contributed by atoms with Crippen LogP contribution >= 0.6 is 0 Å². The predicted molar refractivity (Wildman–Crippen MR) is 167 cm³/mol. The van der Waals surface area contributed by atoms with E-state index in [-0.39, 0.29) is 38.6 Å². The molecule has 0 saturated heterocycles. The molecule has 3 aromatic rings. The third-order valence-electron chi connectivity index (χ3n) is 7.48. The summed E-state index contributed by atoms with van der Waals surface area (Å²) in [5.74, 6) is -2.45. The number of carbonyl (C=O) groups excluding carboxylic acids is 3. The molecule has 3 amide bonds. The zero-order valence-corrected chi connectivity index (χ0v) is 25.5. The van der Waals surface area contributed by atoms with Crippen molar-refractivity contribution in [1.29, 1.82) is 0 Å². The second kappa shape index (κ2) is 16.6. The maximum Gasteiger partial charge on any atom is 0.405 e. The van der Waals surface area contributed by atoms with Gasteiger partial charge in [0.15, 0.2) is 0 Å². The smallest absolute Gasteiger partial charge is 0.405 e. The predicted octanol–water partition coefficient (Wildman–Crippen LogP) is 3.68. The van der Waals surface area contributed by atoms with E-state index in [2.05, 4.69) is 16.0 Å². The Bertz CT molecular complexity index is 1540. The Morgan fingerprint density at radius 2 is 1.53 bits per heavy atom. The van der Waals surface area contributed by atoms with Crippen LogP contribution in [0.4, 0.5) is 13.2 Å². The van der Waals surface area contributed by atoms with Crippen molar-refractivity contribution in [3.05, 3.63) is 95.6 Å². The Hall–Kier alpha value is -4.91. The van der Waals surface area contributed by atoms with Crippen molar-refractivity contribution in [3.8, 4) is 11.5 Å². The van der Waals surface area contributed by atoms with Gasteiger partial charge in [-0.3, -0.25) is 19.2 Å². The molecule has 0 saturated carbocycles. The number of carboxylic acids is 1. The van der Waals surface area contributed by atoms with Crippen LogP contribution in [0.5, 0.6) is 11.5 Å². The van der Waals surface area contributed by atoms with Crippen LogP contribution in [0.2, 0.25) is 0 Å². The molecule has 4 rings (SSSR count). The molecule has 4 bridgehead atoms. The number of halogens is 3. The number of amides is 3. The van der Waals surface area contributed by atoms with E-state index in [9.17, 15) is 32.3 Å². The Labute approximate surface area is 270 Å². The minimum absolute atomic E-state index is 0.108. The lowest BCUT2D eigenvalue weighted by molar-refractivity contribution is -0.141. The van der Waals surface area contributed by atoms with Gasteiger partial charge in [0.2, 0.25) is 17.7 Å². The first-order valence-electron chi connectivity index (χ1n) is 15.3. The highest BCUT2D eigenvalue weighted by molar-refractivity contribution is 5.93. The van der Waals surface area contributed by atoms with Crippen molar-refractivity contribution >= 4 is 23.7 Å². The highest BCUT2D eigenvalue weighted by Gasteiger charge is 2.32. The van der Waals surface area contributed by atoms with E-state index in [0.29, 0.717) is 23.5 Å². The molecule has 10 nitrogen and oxygen atoms in total. The van der Waals surface area contributed by atoms with Crippen molar-refractivity contribution in [2.75, 3.05) is 13.1 Å². The molecule has 1 heterocycles. The van der Waals surface area contributed by atoms with Gasteiger partial charge in [-0.05, 0) is 73.2 Å². The number of alkyl halides is 3. The number of fused-ring (bicyclic) bond motifs is 4. The van der Waals surface area contributed by atoms with Crippen molar-refractivity contribution in [1.82, 2.24) is 21.3 Å². The zero-order valence-electron chi connectivity index (χ0n) is 25.5. The van der Waals surface area contributed by atoms with Gasteiger partial charge < -0.3 is 31.1 Å². The van der Waals surface area contributed by atoms with Gasteiger partial charge in [-0.25, -0.2) is 0 Å². The van der Waals surface area contributed by atoms with Crippen molar-refractivity contribution in [2.24, 2.45) is 0 Å². The van der Waals surface area contributed by atoms with Gasteiger partial charge in [0.25, 0.3) is 0 Å². The minimum Gasteiger partial charge on any atom is -0.481 e. The first-order chi connectivity index (χ1) is 22.4. The summed E-state index contributed by atoms with van der Waals surface area (Å²) in [6.45, 7) is -1.38. The quantitative estimate of drug-likeness (QED) is 0.210. The third kappa shape index (κ3) is 11.8. The van der Waals surface area contributed by atoms with Gasteiger partial charge in [0.1, 0.15) is 30.1 Å². The van der Waals surface area contributed by atoms with E-state index in [0.717, 1.165) is 11.1 Å². The first kappa shape index (κ1) is 35.0. The highest BCUT2D eigenvalue weighted by Crippen LogP contribution is 2.25. The number of carbonyl (C=O) groups is 4. The lowest BCUT2D eigenvalue weighted by Gasteiger charge is -2.26. The van der Waals surface area contributed by atoms with Crippen molar-refractivity contribution < 1.29 is 42.2 Å². The fourth-order valence-electron chi connectivity index (χ4n) is 5.14. The number of hydrogen-bond donors (Lipinski definition) is 5. The minimum atomic E-state index is -4.67. The van der Waals surface area contributed by atoms with Crippen LogP contribution < -0.4 is 26.0 Å². The molecule has 13 heteroatoms. The lowest BCUT2D eigenvalue weighted by atomic mass is 10.0. The normalized spacial score (nSPS) is 18.7. The van der Waals surface area contributed by atoms with E-state index >= 15 is 0 Å². The van der Waals surface area contributed by atoms with Gasteiger partial charge in [-0.1, -0.05) is 54.6 Å². The molecule has 1 aliphatic heterocycles. The number of nitrogens with one attached hydrogen (secondary N) is 4. The molecule has 0 radical (unpaired) electrons. The van der Waals surface area contributed by atoms with Gasteiger partial charge in [0.05, 0.1) is 6.04 Å². The van der Waals surface area contributed by atoms with E-state index < -0.39 is 54.5 Å². The average Bonchev–Trinajstić information content (AvgIpc) is 3.02. The molecule has 1 aliphatic rings. The fourth-order valence-corrected chi connectivity index (χ4v) is 5.14. The summed E-state index contributed by atoms with van der Waals surface area (Å²) in [5.41, 5.74) is 2.15. The number of carboxylic acid groups (broad SMARTS) is 1. The Balaban J connectivity index is 1.68. The maximum absolute atomic E-state index is 13.8. The van der Waals surface area contributed by atoms with Gasteiger partial charge in [0, 0.05) is 12.8 Å². The van der Waals surface area contributed by atoms with E-state index in [4.69, 9.17) is 9.84 Å². The van der Waals surface area contributed by atoms with Gasteiger partial charge >= 0.3 is 12.1 Å². The number of aryl methyl sites for hydroxylation is 1. The molecule has 250 valence electrons. The average molecular weight is 655 g/mol. The monoisotopic (exact) mass is 654 g/mol. The fraction of sp³-hybridized carbons (Fsp3) is 0.353. The molecular weight excluding hydrogens is 617 g/mol. The summed E-state index contributed by atoms with van der Waals surface area (Å²) in [6.07, 6.45) is -4.00. The van der Waals surface area contributed by atoms with E-state index in [1.54, 1.807) is 42.5 Å². The van der Waals surface area contributed by atoms with Crippen LogP contribution in [0.15, 0.2) is 78.9 Å². The summed E-state index contributed by atoms with van der Waals surface area (Å²) < 4.78 is 45.0. The summed E-state index contributed by atoms with van der Waals surface area (Å²) >= 11 is 0. The first-order valence-corrected chi connectivity index (χ1v) is 15.3. The summed E-state index contributed by atoms with van der Waals surface area (Å²) in [6, 6.07) is 19.5. The van der Waals surface area contributed by atoms with Crippen LogP contribution in [0.1, 0.15) is 36.0 Å². The van der Waals surface area contributed by atoms with E-state index in [1.165, 1.54) is 0 Å². The molecule has 5 N–H and O–H groups in total. The second-order valence-electron chi connectivity index (χ2n) is 11.3. The number of benzene rings is 3. The van der Waals surface area contributed by atoms with Crippen LogP contribution in [-0.2, 0) is 38.4 Å². The topological polar surface area (TPSA) is 146 Å². The molecule has 0 spiro atoms. The molecule has 0 fully saturated rings. The molecule has 3 atom stereocenters. The second-order valence-corrected chi connectivity index (χ2v) is 11.3. The molecule has 0 aliphatic carbocycles. The van der Waals surface area contributed by atoms with Gasteiger partial charge in [-0.2, -0.15) is 13.2 Å². The standard InChI is InChI=1S/C34H37F3N4O6/c35-34(36,37)21-39-31(44)29-20-24-10-5-12-26(18-24)47-25-11-4-9-23(17-25)19-28(38-16-6-13-30(42)43)33(46)40-27(32(45)41-29)15-14-22-7-2-1-3-8-22/h1-5,7-12,17-18,27-29,38H,6,13-16,19-21H2,(H,39,44)(H,40,46)(H,41,45)(H,42,43)/t27-,28-,29-/m0/s1. The number of ether oxygens (including phenoxy) is 1. The molecule has 3 aromatic carbocycles. The Morgan fingerprint density at radius 3 is 2.17 bits per heavy atom. The summed E-state index contributed by atoms with van der Waals surface area (Å²) in [5, 5.41) is 19.3. The summed E-state index contributed by atoms with van der Waals surface area (Å²) in [4.78, 5) is 51.6. The molecular formula is C34H37F3N4O6.